The van der Waals surface area contributed by atoms with Crippen LogP contribution in [0.25, 0.3) is 0 Å². The molecular formula is C9H12O2. The van der Waals surface area contributed by atoms with E-state index in [1.165, 1.54) is 12.8 Å². The van der Waals surface area contributed by atoms with Gasteiger partial charge in [-0.2, -0.15) is 0 Å². The zero-order chi connectivity index (χ0) is 7.84. The number of aliphatic hydroxyl groups is 1. The van der Waals surface area contributed by atoms with Gasteiger partial charge in [0.25, 0.3) is 0 Å². The highest BCUT2D eigenvalue weighted by Gasteiger charge is 2.27. The van der Waals surface area contributed by atoms with Gasteiger partial charge in [-0.1, -0.05) is 0 Å². The Bertz CT molecular complexity index is 229. The molecule has 2 rings (SSSR count). The SMILES string of the molecule is C[C@H](O)c1ccc(C2CC2)o1. The van der Waals surface area contributed by atoms with Crippen molar-refractivity contribution in [3.8, 4) is 0 Å². The second kappa shape index (κ2) is 2.38. The molecule has 1 N–H and O–H groups in total. The van der Waals surface area contributed by atoms with Crippen molar-refractivity contribution in [3.63, 3.8) is 0 Å². The van der Waals surface area contributed by atoms with Crippen molar-refractivity contribution in [2.45, 2.75) is 31.8 Å². The summed E-state index contributed by atoms with van der Waals surface area (Å²) in [7, 11) is 0. The first-order valence-corrected chi connectivity index (χ1v) is 4.05. The van der Waals surface area contributed by atoms with E-state index < -0.39 is 6.10 Å². The third kappa shape index (κ3) is 1.31. The molecule has 1 aromatic rings. The molecule has 0 saturated heterocycles. The minimum Gasteiger partial charge on any atom is -0.463 e. The first kappa shape index (κ1) is 6.92. The Hall–Kier alpha value is -0.760. The fourth-order valence-corrected chi connectivity index (χ4v) is 1.18. The summed E-state index contributed by atoms with van der Waals surface area (Å²) >= 11 is 0. The van der Waals surface area contributed by atoms with Gasteiger partial charge in [-0.3, -0.25) is 0 Å². The minimum atomic E-state index is -0.470. The maximum atomic E-state index is 9.15. The standard InChI is InChI=1S/C9H12O2/c1-6(10)8-4-5-9(11-8)7-2-3-7/h4-7,10H,2-3H2,1H3/t6-/m0/s1. The molecule has 1 aliphatic rings. The van der Waals surface area contributed by atoms with Gasteiger partial charge in [-0.05, 0) is 31.9 Å². The van der Waals surface area contributed by atoms with Crippen LogP contribution in [0, 0.1) is 0 Å². The summed E-state index contributed by atoms with van der Waals surface area (Å²) < 4.78 is 5.42. The lowest BCUT2D eigenvalue weighted by Crippen LogP contribution is -1.85. The second-order valence-corrected chi connectivity index (χ2v) is 3.19. The van der Waals surface area contributed by atoms with E-state index in [1.54, 1.807) is 6.92 Å². The van der Waals surface area contributed by atoms with Crippen LogP contribution in [0.5, 0.6) is 0 Å². The van der Waals surface area contributed by atoms with Gasteiger partial charge in [0.2, 0.25) is 0 Å². The Balaban J connectivity index is 2.18. The third-order valence-corrected chi connectivity index (χ3v) is 2.04. The lowest BCUT2D eigenvalue weighted by molar-refractivity contribution is 0.167. The second-order valence-electron chi connectivity index (χ2n) is 3.19. The Morgan fingerprint density at radius 2 is 2.27 bits per heavy atom. The molecule has 0 amide bonds. The zero-order valence-electron chi connectivity index (χ0n) is 6.58. The fourth-order valence-electron chi connectivity index (χ4n) is 1.18. The van der Waals surface area contributed by atoms with Crippen molar-refractivity contribution in [3.05, 3.63) is 23.7 Å². The quantitative estimate of drug-likeness (QED) is 0.704. The summed E-state index contributed by atoms with van der Waals surface area (Å²) in [5.74, 6) is 2.37. The van der Waals surface area contributed by atoms with Crippen molar-refractivity contribution in [1.29, 1.82) is 0 Å². The molecule has 1 aliphatic carbocycles. The molecule has 0 aliphatic heterocycles. The summed E-state index contributed by atoms with van der Waals surface area (Å²) in [6, 6.07) is 3.83. The highest BCUT2D eigenvalue weighted by molar-refractivity contribution is 5.16. The largest absolute Gasteiger partial charge is 0.463 e. The van der Waals surface area contributed by atoms with E-state index in [2.05, 4.69) is 0 Å². The highest BCUT2D eigenvalue weighted by atomic mass is 16.4. The molecule has 0 unspecified atom stereocenters. The molecule has 1 fully saturated rings. The summed E-state index contributed by atoms with van der Waals surface area (Å²) in [4.78, 5) is 0. The predicted octanol–water partition coefficient (Wildman–Crippen LogP) is 2.21. The van der Waals surface area contributed by atoms with Gasteiger partial charge in [-0.15, -0.1) is 0 Å². The summed E-state index contributed by atoms with van der Waals surface area (Å²) in [5, 5.41) is 9.15. The average Bonchev–Trinajstić information content (AvgIpc) is 2.68. The van der Waals surface area contributed by atoms with E-state index in [-0.39, 0.29) is 0 Å². The van der Waals surface area contributed by atoms with Crippen LogP contribution in [0.15, 0.2) is 16.5 Å². The predicted molar refractivity (Wildman–Crippen MR) is 41.3 cm³/mol. The van der Waals surface area contributed by atoms with E-state index >= 15 is 0 Å². The molecule has 0 bridgehead atoms. The maximum Gasteiger partial charge on any atom is 0.132 e. The van der Waals surface area contributed by atoms with E-state index in [1.807, 2.05) is 12.1 Å². The normalized spacial score (nSPS) is 20.2. The van der Waals surface area contributed by atoms with Gasteiger partial charge in [0, 0.05) is 5.92 Å². The van der Waals surface area contributed by atoms with Gasteiger partial charge in [-0.25, -0.2) is 0 Å². The summed E-state index contributed by atoms with van der Waals surface area (Å²) in [6.07, 6.45) is 2.02. The van der Waals surface area contributed by atoms with Crippen LogP contribution in [0.2, 0.25) is 0 Å². The molecule has 1 atom stereocenters. The monoisotopic (exact) mass is 152 g/mol. The number of hydrogen-bond acceptors (Lipinski definition) is 2. The molecule has 2 nitrogen and oxygen atoms in total. The van der Waals surface area contributed by atoms with Crippen LogP contribution in [-0.2, 0) is 0 Å². The minimum absolute atomic E-state index is 0.470. The van der Waals surface area contributed by atoms with E-state index in [0.29, 0.717) is 11.7 Å². The molecular weight excluding hydrogens is 140 g/mol. The molecule has 2 heteroatoms. The van der Waals surface area contributed by atoms with E-state index in [4.69, 9.17) is 9.52 Å². The third-order valence-electron chi connectivity index (χ3n) is 2.04. The lowest BCUT2D eigenvalue weighted by atomic mass is 10.3. The molecule has 60 valence electrons. The van der Waals surface area contributed by atoms with Gasteiger partial charge in [0.15, 0.2) is 0 Å². The molecule has 11 heavy (non-hydrogen) atoms. The van der Waals surface area contributed by atoms with Crippen molar-refractivity contribution in [2.24, 2.45) is 0 Å². The summed E-state index contributed by atoms with van der Waals surface area (Å²) in [5.41, 5.74) is 0. The Morgan fingerprint density at radius 3 is 2.73 bits per heavy atom. The Labute approximate surface area is 65.8 Å². The van der Waals surface area contributed by atoms with Gasteiger partial charge in [0.1, 0.15) is 17.6 Å². The Morgan fingerprint density at radius 1 is 1.55 bits per heavy atom. The van der Waals surface area contributed by atoms with Crippen LogP contribution in [0.3, 0.4) is 0 Å². The fraction of sp³-hybridized carbons (Fsp3) is 0.556. The number of hydrogen-bond donors (Lipinski definition) is 1. The van der Waals surface area contributed by atoms with Crippen LogP contribution in [0.1, 0.15) is 43.3 Å². The molecule has 0 radical (unpaired) electrons. The maximum absolute atomic E-state index is 9.15. The molecule has 0 spiro atoms. The first-order chi connectivity index (χ1) is 5.27. The van der Waals surface area contributed by atoms with Crippen molar-refractivity contribution < 1.29 is 9.52 Å². The highest BCUT2D eigenvalue weighted by Crippen LogP contribution is 2.41. The van der Waals surface area contributed by atoms with Gasteiger partial charge in [0.05, 0.1) is 0 Å². The van der Waals surface area contributed by atoms with Crippen molar-refractivity contribution in [2.75, 3.05) is 0 Å². The summed E-state index contributed by atoms with van der Waals surface area (Å²) in [6.45, 7) is 1.72. The number of rotatable bonds is 2. The first-order valence-electron chi connectivity index (χ1n) is 4.05. The smallest absolute Gasteiger partial charge is 0.132 e. The van der Waals surface area contributed by atoms with E-state index in [9.17, 15) is 0 Å². The van der Waals surface area contributed by atoms with Crippen LogP contribution >= 0.6 is 0 Å². The van der Waals surface area contributed by atoms with Crippen LogP contribution < -0.4 is 0 Å². The molecule has 1 aromatic heterocycles. The Kier molecular flexibility index (Phi) is 1.50. The number of furan rings is 1. The van der Waals surface area contributed by atoms with Gasteiger partial charge >= 0.3 is 0 Å². The van der Waals surface area contributed by atoms with Crippen LogP contribution in [0.4, 0.5) is 0 Å². The van der Waals surface area contributed by atoms with Crippen molar-refractivity contribution >= 4 is 0 Å². The average molecular weight is 152 g/mol. The molecule has 1 saturated carbocycles. The zero-order valence-corrected chi connectivity index (χ0v) is 6.58. The molecule has 1 heterocycles. The number of aliphatic hydroxyl groups excluding tert-OH is 1. The molecule has 0 aromatic carbocycles. The topological polar surface area (TPSA) is 33.4 Å². The van der Waals surface area contributed by atoms with Crippen LogP contribution in [-0.4, -0.2) is 5.11 Å². The van der Waals surface area contributed by atoms with Gasteiger partial charge < -0.3 is 9.52 Å². The van der Waals surface area contributed by atoms with Crippen molar-refractivity contribution in [1.82, 2.24) is 0 Å². The van der Waals surface area contributed by atoms with E-state index in [0.717, 1.165) is 5.76 Å². The lowest BCUT2D eigenvalue weighted by Gasteiger charge is -1.97.